The van der Waals surface area contributed by atoms with Gasteiger partial charge < -0.3 is 9.30 Å². The normalized spacial score (nSPS) is 12.6. The van der Waals surface area contributed by atoms with Gasteiger partial charge in [0.1, 0.15) is 5.82 Å². The molecule has 0 bridgehead atoms. The van der Waals surface area contributed by atoms with Gasteiger partial charge in [-0.2, -0.15) is 18.2 Å². The van der Waals surface area contributed by atoms with Crippen molar-refractivity contribution in [3.8, 4) is 28.8 Å². The largest absolute Gasteiger partial charge is 0.522 e. The molecular formula is C46H43N5OPt-2. The van der Waals surface area contributed by atoms with Crippen molar-refractivity contribution in [2.75, 3.05) is 0 Å². The van der Waals surface area contributed by atoms with E-state index in [1.165, 1.54) is 11.1 Å². The summed E-state index contributed by atoms with van der Waals surface area (Å²) in [6.07, 6.45) is 7.11. The molecule has 6 nitrogen and oxygen atoms in total. The molecule has 0 aliphatic heterocycles. The standard InChI is InChI=1S/C46H43N5O.Pt/c1-30(2)31-19-21-48-44(23-31)51-39-14-10-9-13-37(39)38-18-17-35(27-42(38)51)52-36-20-22-47-43(28-36)50-29-49(40-15-11-12-16-41(40)50)34-25-32(45(3,4)5)24-33(26-34)46(6,7)8;/h9-26,30H,1-8H3;/q-2;/i30D;. The maximum absolute atomic E-state index is 8.63. The molecular weight excluding hydrogens is 834 g/mol. The molecule has 8 aromatic rings. The molecule has 0 aliphatic rings. The Bertz CT molecular complexity index is 2640. The zero-order valence-electron chi connectivity index (χ0n) is 32.4. The minimum absolute atomic E-state index is 0. The summed E-state index contributed by atoms with van der Waals surface area (Å²) in [6.45, 7) is 17.3. The first-order chi connectivity index (χ1) is 25.1. The Balaban J connectivity index is 0.00000450. The van der Waals surface area contributed by atoms with Crippen LogP contribution < -0.4 is 9.30 Å². The average Bonchev–Trinajstić information content (AvgIpc) is 3.67. The monoisotopic (exact) mass is 877 g/mol. The van der Waals surface area contributed by atoms with Crippen LogP contribution in [0.3, 0.4) is 0 Å². The molecule has 0 amide bonds. The minimum Gasteiger partial charge on any atom is -0.522 e. The number of fused-ring (bicyclic) bond motifs is 4. The number of hydrogen-bond acceptors (Lipinski definition) is 3. The van der Waals surface area contributed by atoms with Gasteiger partial charge in [0.2, 0.25) is 0 Å². The van der Waals surface area contributed by atoms with E-state index in [9.17, 15) is 0 Å². The number of ether oxygens (including phenoxy) is 1. The second-order valence-corrected chi connectivity index (χ2v) is 15.7. The molecule has 0 radical (unpaired) electrons. The van der Waals surface area contributed by atoms with Gasteiger partial charge >= 0.3 is 0 Å². The fourth-order valence-electron chi connectivity index (χ4n) is 6.69. The van der Waals surface area contributed by atoms with Gasteiger partial charge in [0, 0.05) is 39.9 Å². The van der Waals surface area contributed by atoms with E-state index >= 15 is 0 Å². The Morgan fingerprint density at radius 2 is 1.38 bits per heavy atom. The van der Waals surface area contributed by atoms with Gasteiger partial charge in [-0.25, -0.2) is 4.98 Å². The smallest absolute Gasteiger partial charge is 0.269 e. The van der Waals surface area contributed by atoms with Gasteiger partial charge in [-0.1, -0.05) is 116 Å². The van der Waals surface area contributed by atoms with Gasteiger partial charge in [0.25, 0.3) is 6.33 Å². The zero-order chi connectivity index (χ0) is 37.3. The molecule has 0 fully saturated rings. The van der Waals surface area contributed by atoms with Gasteiger partial charge in [-0.05, 0) is 74.9 Å². The Labute approximate surface area is 327 Å². The van der Waals surface area contributed by atoms with Crippen LogP contribution in [0.5, 0.6) is 11.5 Å². The number of imidazole rings is 1. The van der Waals surface area contributed by atoms with E-state index in [2.05, 4.69) is 124 Å². The maximum Gasteiger partial charge on any atom is 0.269 e. The van der Waals surface area contributed by atoms with E-state index in [-0.39, 0.29) is 31.9 Å². The minimum atomic E-state index is -0.767. The number of hydrogen-bond donors (Lipinski definition) is 0. The van der Waals surface area contributed by atoms with Crippen molar-refractivity contribution in [1.82, 2.24) is 19.1 Å². The Hall–Kier alpha value is -5.06. The van der Waals surface area contributed by atoms with Crippen LogP contribution in [0.1, 0.15) is 79.3 Å². The summed E-state index contributed by atoms with van der Waals surface area (Å²) in [5, 5.41) is 2.12. The predicted octanol–water partition coefficient (Wildman–Crippen LogP) is 10.7. The molecule has 0 saturated carbocycles. The first kappa shape index (κ1) is 35.0. The number of para-hydroxylation sites is 3. The average molecular weight is 878 g/mol. The van der Waals surface area contributed by atoms with E-state index < -0.39 is 5.89 Å². The molecule has 0 N–H and O–H groups in total. The quantitative estimate of drug-likeness (QED) is 0.124. The second kappa shape index (κ2) is 13.7. The van der Waals surface area contributed by atoms with Crippen LogP contribution in [0.15, 0.2) is 109 Å². The SMILES string of the molecule is [2H]C(C)(C)c1ccnc(-n2c3[c-]c(Oc4[c-]c(-n5[c-][n+](-c6cc(C(C)(C)C)cc(C(C)(C)C)c6)c6ccccc65)ncc4)ccc3c3ccccc32)c1.[Pt]. The van der Waals surface area contributed by atoms with E-state index in [0.717, 1.165) is 49.9 Å². The van der Waals surface area contributed by atoms with E-state index in [1.807, 2.05) is 54.8 Å². The summed E-state index contributed by atoms with van der Waals surface area (Å²) in [4.78, 5) is 9.46. The molecule has 4 aromatic carbocycles. The fourth-order valence-corrected chi connectivity index (χ4v) is 6.69. The third-order valence-electron chi connectivity index (χ3n) is 9.67. The molecule has 0 atom stereocenters. The summed E-state index contributed by atoms with van der Waals surface area (Å²) >= 11 is 0. The first-order valence-corrected chi connectivity index (χ1v) is 17.8. The van der Waals surface area contributed by atoms with Crippen molar-refractivity contribution in [1.29, 1.82) is 0 Å². The number of pyridine rings is 2. The number of rotatable bonds is 6. The van der Waals surface area contributed by atoms with Gasteiger partial charge in [-0.3, -0.25) is 14.1 Å². The molecule has 4 heterocycles. The topological polar surface area (TPSA) is 48.8 Å². The van der Waals surface area contributed by atoms with Crippen LogP contribution in [-0.2, 0) is 31.9 Å². The summed E-state index contributed by atoms with van der Waals surface area (Å²) in [7, 11) is 0. The predicted molar refractivity (Wildman–Crippen MR) is 209 cm³/mol. The van der Waals surface area contributed by atoms with Crippen LogP contribution in [0, 0.1) is 18.5 Å². The van der Waals surface area contributed by atoms with Crippen LogP contribution in [0.4, 0.5) is 0 Å². The van der Waals surface area contributed by atoms with E-state index in [0.29, 0.717) is 17.3 Å². The van der Waals surface area contributed by atoms with Crippen molar-refractivity contribution in [2.45, 2.75) is 72.1 Å². The summed E-state index contributed by atoms with van der Waals surface area (Å²) in [6, 6.07) is 40.0. The Morgan fingerprint density at radius 3 is 2.09 bits per heavy atom. The van der Waals surface area contributed by atoms with Crippen LogP contribution in [0.25, 0.3) is 50.2 Å². The Morgan fingerprint density at radius 1 is 0.717 bits per heavy atom. The molecule has 0 spiro atoms. The van der Waals surface area contributed by atoms with Gasteiger partial charge in [0.15, 0.2) is 0 Å². The van der Waals surface area contributed by atoms with Crippen molar-refractivity contribution >= 4 is 32.8 Å². The maximum atomic E-state index is 8.63. The molecule has 0 saturated heterocycles. The zero-order valence-corrected chi connectivity index (χ0v) is 33.6. The third kappa shape index (κ3) is 6.81. The summed E-state index contributed by atoms with van der Waals surface area (Å²) in [5.41, 5.74) is 8.24. The van der Waals surface area contributed by atoms with Crippen molar-refractivity contribution in [3.63, 3.8) is 0 Å². The molecule has 0 unspecified atom stereocenters. The second-order valence-electron chi connectivity index (χ2n) is 15.7. The third-order valence-corrected chi connectivity index (χ3v) is 9.67. The molecule has 53 heavy (non-hydrogen) atoms. The summed E-state index contributed by atoms with van der Waals surface area (Å²) in [5.74, 6) is 1.57. The van der Waals surface area contributed by atoms with Crippen molar-refractivity contribution in [3.05, 3.63) is 145 Å². The van der Waals surface area contributed by atoms with Crippen molar-refractivity contribution < 1.29 is 31.7 Å². The van der Waals surface area contributed by atoms with E-state index in [1.54, 1.807) is 18.5 Å². The first-order valence-electron chi connectivity index (χ1n) is 18.3. The molecule has 8 rings (SSSR count). The number of nitrogens with zero attached hydrogens (tertiary/aromatic N) is 5. The van der Waals surface area contributed by atoms with Crippen LogP contribution in [-0.4, -0.2) is 19.1 Å². The van der Waals surface area contributed by atoms with Crippen LogP contribution in [0.2, 0.25) is 0 Å². The molecule has 0 aliphatic carbocycles. The number of benzene rings is 4. The van der Waals surface area contributed by atoms with E-state index in [4.69, 9.17) is 16.1 Å². The molecule has 270 valence electrons. The molecule has 7 heteroatoms. The summed E-state index contributed by atoms with van der Waals surface area (Å²) < 4.78 is 21.3. The Kier molecular flexibility index (Phi) is 9.07. The van der Waals surface area contributed by atoms with Gasteiger partial charge in [0.05, 0.1) is 22.5 Å². The van der Waals surface area contributed by atoms with Crippen molar-refractivity contribution in [2.24, 2.45) is 0 Å². The molecule has 4 aromatic heterocycles. The fraction of sp³-hybridized carbons (Fsp3) is 0.239. The number of aromatic nitrogens is 5. The van der Waals surface area contributed by atoms with Crippen LogP contribution >= 0.6 is 0 Å². The van der Waals surface area contributed by atoms with Gasteiger partial charge in [-0.15, -0.1) is 17.5 Å².